The lowest BCUT2D eigenvalue weighted by molar-refractivity contribution is 0.102. The van der Waals surface area contributed by atoms with Gasteiger partial charge in [-0.3, -0.25) is 4.79 Å². The maximum absolute atomic E-state index is 12.5. The molecular formula is C16H15N3O2S. The van der Waals surface area contributed by atoms with Crippen molar-refractivity contribution in [3.63, 3.8) is 0 Å². The molecular weight excluding hydrogens is 298 g/mol. The van der Waals surface area contributed by atoms with Gasteiger partial charge >= 0.3 is 0 Å². The standard InChI is InChI=1S/C16H15N3O2S/c1-8-13-9(2)17-10(3)18-16(13)22-14(8)15(21)19-11-6-4-5-7-12(11)20/h4-7,20H,1-3H3,(H,19,21). The van der Waals surface area contributed by atoms with Gasteiger partial charge in [0.1, 0.15) is 16.4 Å². The number of phenolic OH excluding ortho intramolecular Hbond substituents is 1. The first kappa shape index (κ1) is 14.5. The molecule has 1 aromatic carbocycles. The van der Waals surface area contributed by atoms with Gasteiger partial charge in [0.05, 0.1) is 10.6 Å². The summed E-state index contributed by atoms with van der Waals surface area (Å²) in [5, 5.41) is 13.4. The summed E-state index contributed by atoms with van der Waals surface area (Å²) in [5.74, 6) is 0.486. The lowest BCUT2D eigenvalue weighted by atomic mass is 10.1. The summed E-state index contributed by atoms with van der Waals surface area (Å²) in [4.78, 5) is 22.6. The molecule has 112 valence electrons. The minimum Gasteiger partial charge on any atom is -0.506 e. The monoisotopic (exact) mass is 313 g/mol. The minimum absolute atomic E-state index is 0.0430. The predicted octanol–water partition coefficient (Wildman–Crippen LogP) is 3.57. The number of phenols is 1. The normalized spacial score (nSPS) is 10.9. The summed E-state index contributed by atoms with van der Waals surface area (Å²) >= 11 is 1.34. The first-order valence-electron chi connectivity index (χ1n) is 6.81. The summed E-state index contributed by atoms with van der Waals surface area (Å²) in [6, 6.07) is 6.65. The van der Waals surface area contributed by atoms with Crippen LogP contribution >= 0.6 is 11.3 Å². The number of carbonyl (C=O) groups is 1. The zero-order valence-corrected chi connectivity index (χ0v) is 13.3. The molecule has 2 N–H and O–H groups in total. The van der Waals surface area contributed by atoms with E-state index in [4.69, 9.17) is 0 Å². The van der Waals surface area contributed by atoms with E-state index in [1.165, 1.54) is 17.4 Å². The van der Waals surface area contributed by atoms with Crippen LogP contribution in [-0.2, 0) is 0 Å². The number of aryl methyl sites for hydroxylation is 3. The van der Waals surface area contributed by atoms with Crippen molar-refractivity contribution in [1.29, 1.82) is 0 Å². The zero-order chi connectivity index (χ0) is 15.9. The molecule has 3 aromatic rings. The van der Waals surface area contributed by atoms with Crippen molar-refractivity contribution in [2.24, 2.45) is 0 Å². The second-order valence-electron chi connectivity index (χ2n) is 5.06. The van der Waals surface area contributed by atoms with Gasteiger partial charge in [-0.2, -0.15) is 0 Å². The van der Waals surface area contributed by atoms with Gasteiger partial charge in [0.15, 0.2) is 0 Å². The van der Waals surface area contributed by atoms with Crippen molar-refractivity contribution >= 4 is 33.1 Å². The number of nitrogens with zero attached hydrogens (tertiary/aromatic N) is 2. The van der Waals surface area contributed by atoms with E-state index >= 15 is 0 Å². The first-order chi connectivity index (χ1) is 10.5. The Hall–Kier alpha value is -2.47. The molecule has 3 rings (SSSR count). The molecule has 0 atom stereocenters. The van der Waals surface area contributed by atoms with Crippen molar-refractivity contribution in [3.8, 4) is 5.75 Å². The van der Waals surface area contributed by atoms with E-state index in [1.807, 2.05) is 20.8 Å². The molecule has 6 heteroatoms. The predicted molar refractivity (Wildman–Crippen MR) is 87.7 cm³/mol. The third kappa shape index (κ3) is 2.42. The molecule has 0 aliphatic carbocycles. The molecule has 0 bridgehead atoms. The molecule has 0 unspecified atom stereocenters. The number of aromatic nitrogens is 2. The summed E-state index contributed by atoms with van der Waals surface area (Å²) in [5.41, 5.74) is 2.13. The Labute approximate surface area is 131 Å². The quantitative estimate of drug-likeness (QED) is 0.709. The van der Waals surface area contributed by atoms with Crippen LogP contribution in [0.5, 0.6) is 5.75 Å². The zero-order valence-electron chi connectivity index (χ0n) is 12.5. The molecule has 0 saturated carbocycles. The Morgan fingerprint density at radius 1 is 1.18 bits per heavy atom. The molecule has 2 aromatic heterocycles. The Balaban J connectivity index is 2.03. The van der Waals surface area contributed by atoms with Gasteiger partial charge in [-0.1, -0.05) is 12.1 Å². The maximum atomic E-state index is 12.5. The number of carbonyl (C=O) groups excluding carboxylic acids is 1. The fourth-order valence-corrected chi connectivity index (χ4v) is 3.62. The Morgan fingerprint density at radius 2 is 1.91 bits per heavy atom. The van der Waals surface area contributed by atoms with Gasteiger partial charge in [-0.05, 0) is 38.5 Å². The van der Waals surface area contributed by atoms with Crippen LogP contribution in [0, 0.1) is 20.8 Å². The number of para-hydroxylation sites is 2. The average molecular weight is 313 g/mol. The third-order valence-electron chi connectivity index (χ3n) is 3.44. The van der Waals surface area contributed by atoms with Crippen molar-refractivity contribution in [2.75, 3.05) is 5.32 Å². The lowest BCUT2D eigenvalue weighted by Gasteiger charge is -2.06. The number of anilines is 1. The fourth-order valence-electron chi connectivity index (χ4n) is 2.45. The average Bonchev–Trinajstić information content (AvgIpc) is 2.78. The minimum atomic E-state index is -0.251. The second kappa shape index (κ2) is 5.38. The molecule has 0 saturated heterocycles. The number of benzene rings is 1. The topological polar surface area (TPSA) is 75.1 Å². The van der Waals surface area contributed by atoms with Gasteiger partial charge in [0.25, 0.3) is 5.91 Å². The van der Waals surface area contributed by atoms with Crippen molar-refractivity contribution in [2.45, 2.75) is 20.8 Å². The SMILES string of the molecule is Cc1nc(C)c2c(C)c(C(=O)Nc3ccccc3O)sc2n1. The Kier molecular flexibility index (Phi) is 3.54. The third-order valence-corrected chi connectivity index (χ3v) is 4.63. The molecule has 0 aliphatic heterocycles. The molecule has 0 spiro atoms. The maximum Gasteiger partial charge on any atom is 0.266 e. The number of fused-ring (bicyclic) bond motifs is 1. The summed E-state index contributed by atoms with van der Waals surface area (Å²) in [6.45, 7) is 5.65. The van der Waals surface area contributed by atoms with Gasteiger partial charge in [-0.25, -0.2) is 9.97 Å². The van der Waals surface area contributed by atoms with E-state index in [1.54, 1.807) is 18.2 Å². The van der Waals surface area contributed by atoms with Crippen molar-refractivity contribution in [3.05, 3.63) is 46.2 Å². The van der Waals surface area contributed by atoms with E-state index < -0.39 is 0 Å². The van der Waals surface area contributed by atoms with Crippen LogP contribution in [0.1, 0.15) is 26.8 Å². The summed E-state index contributed by atoms with van der Waals surface area (Å²) < 4.78 is 0. The number of aromatic hydroxyl groups is 1. The van der Waals surface area contributed by atoms with Gasteiger partial charge < -0.3 is 10.4 Å². The van der Waals surface area contributed by atoms with Crippen molar-refractivity contribution in [1.82, 2.24) is 9.97 Å². The number of thiophene rings is 1. The van der Waals surface area contributed by atoms with Crippen LogP contribution in [-0.4, -0.2) is 21.0 Å². The summed E-state index contributed by atoms with van der Waals surface area (Å²) in [7, 11) is 0. The molecule has 1 amide bonds. The molecule has 0 fully saturated rings. The molecule has 0 aliphatic rings. The smallest absolute Gasteiger partial charge is 0.266 e. The highest BCUT2D eigenvalue weighted by Gasteiger charge is 2.19. The van der Waals surface area contributed by atoms with Crippen LogP contribution in [0.4, 0.5) is 5.69 Å². The Morgan fingerprint density at radius 3 is 2.64 bits per heavy atom. The van der Waals surface area contributed by atoms with Crippen LogP contribution in [0.2, 0.25) is 0 Å². The highest BCUT2D eigenvalue weighted by Crippen LogP contribution is 2.32. The van der Waals surface area contributed by atoms with E-state index in [0.717, 1.165) is 21.5 Å². The number of hydrogen-bond donors (Lipinski definition) is 2. The highest BCUT2D eigenvalue weighted by molar-refractivity contribution is 7.20. The number of amides is 1. The van der Waals surface area contributed by atoms with Crippen LogP contribution < -0.4 is 5.32 Å². The highest BCUT2D eigenvalue weighted by atomic mass is 32.1. The second-order valence-corrected chi connectivity index (χ2v) is 6.06. The molecule has 2 heterocycles. The number of nitrogens with one attached hydrogen (secondary N) is 1. The lowest BCUT2D eigenvalue weighted by Crippen LogP contribution is -2.11. The first-order valence-corrected chi connectivity index (χ1v) is 7.62. The number of hydrogen-bond acceptors (Lipinski definition) is 5. The van der Waals surface area contributed by atoms with E-state index in [9.17, 15) is 9.90 Å². The molecule has 0 radical (unpaired) electrons. The Bertz CT molecular complexity index is 886. The van der Waals surface area contributed by atoms with Gasteiger partial charge in [-0.15, -0.1) is 11.3 Å². The van der Waals surface area contributed by atoms with E-state index in [-0.39, 0.29) is 11.7 Å². The fraction of sp³-hybridized carbons (Fsp3) is 0.188. The largest absolute Gasteiger partial charge is 0.506 e. The van der Waals surface area contributed by atoms with Crippen LogP contribution in [0.3, 0.4) is 0 Å². The number of rotatable bonds is 2. The molecule has 22 heavy (non-hydrogen) atoms. The van der Waals surface area contributed by atoms with Gasteiger partial charge in [0.2, 0.25) is 0 Å². The van der Waals surface area contributed by atoms with Gasteiger partial charge in [0, 0.05) is 11.1 Å². The van der Waals surface area contributed by atoms with E-state index in [2.05, 4.69) is 15.3 Å². The van der Waals surface area contributed by atoms with Crippen LogP contribution in [0.25, 0.3) is 10.2 Å². The van der Waals surface area contributed by atoms with Crippen molar-refractivity contribution < 1.29 is 9.90 Å². The molecule has 5 nitrogen and oxygen atoms in total. The summed E-state index contributed by atoms with van der Waals surface area (Å²) in [6.07, 6.45) is 0. The van der Waals surface area contributed by atoms with Crippen LogP contribution in [0.15, 0.2) is 24.3 Å². The van der Waals surface area contributed by atoms with E-state index in [0.29, 0.717) is 16.4 Å².